The van der Waals surface area contributed by atoms with Gasteiger partial charge in [-0.1, -0.05) is 6.07 Å². The van der Waals surface area contributed by atoms with Crippen molar-refractivity contribution in [3.8, 4) is 6.07 Å². The van der Waals surface area contributed by atoms with Gasteiger partial charge in [0.15, 0.2) is 5.92 Å². The second-order valence-electron chi connectivity index (χ2n) is 3.61. The van der Waals surface area contributed by atoms with Gasteiger partial charge in [0.05, 0.1) is 6.07 Å². The van der Waals surface area contributed by atoms with E-state index < -0.39 is 11.8 Å². The van der Waals surface area contributed by atoms with Gasteiger partial charge in [-0.3, -0.25) is 9.78 Å². The van der Waals surface area contributed by atoms with Gasteiger partial charge in [0, 0.05) is 30.6 Å². The van der Waals surface area contributed by atoms with Crippen LogP contribution in [0.3, 0.4) is 0 Å². The molecule has 88 valence electrons. The van der Waals surface area contributed by atoms with Gasteiger partial charge in [-0.25, -0.2) is 0 Å². The average Bonchev–Trinajstić information content (AvgIpc) is 2.30. The number of pyridine rings is 1. The smallest absolute Gasteiger partial charge is 0.243 e. The maximum absolute atomic E-state index is 11.5. The van der Waals surface area contributed by atoms with Crippen LogP contribution in [0.2, 0.25) is 0 Å². The molecule has 0 saturated heterocycles. The molecular formula is C12H14N4O. The first-order valence-electron chi connectivity index (χ1n) is 5.27. The Morgan fingerprint density at radius 3 is 2.94 bits per heavy atom. The highest BCUT2D eigenvalue weighted by Gasteiger charge is 2.19. The molecule has 0 aromatic carbocycles. The number of amides is 1. The van der Waals surface area contributed by atoms with E-state index in [0.29, 0.717) is 13.0 Å². The van der Waals surface area contributed by atoms with Crippen molar-refractivity contribution < 1.29 is 4.79 Å². The molecule has 0 spiro atoms. The molecule has 17 heavy (non-hydrogen) atoms. The Balaban J connectivity index is 2.39. The van der Waals surface area contributed by atoms with Crippen molar-refractivity contribution in [3.63, 3.8) is 0 Å². The molecule has 0 aliphatic carbocycles. The fourth-order valence-electron chi connectivity index (χ4n) is 1.31. The van der Waals surface area contributed by atoms with Gasteiger partial charge in [-0.05, 0) is 19.1 Å². The molecule has 0 fully saturated rings. The molecular weight excluding hydrogens is 216 g/mol. The van der Waals surface area contributed by atoms with Crippen LogP contribution in [0.15, 0.2) is 24.4 Å². The van der Waals surface area contributed by atoms with Gasteiger partial charge in [0.2, 0.25) is 5.91 Å². The predicted octanol–water partition coefficient (Wildman–Crippen LogP) is 0.920. The van der Waals surface area contributed by atoms with Gasteiger partial charge in [-0.2, -0.15) is 5.26 Å². The topological polar surface area (TPSA) is 89.6 Å². The molecule has 5 heteroatoms. The van der Waals surface area contributed by atoms with E-state index in [9.17, 15) is 4.79 Å². The van der Waals surface area contributed by atoms with Crippen LogP contribution >= 0.6 is 0 Å². The molecule has 1 rings (SSSR count). The largest absolute Gasteiger partial charge is 0.354 e. The molecule has 0 saturated carbocycles. The standard InChI is InChI=1S/C12H14N4O/c1-9(14)11(8-13)12(17)16-7-5-10-4-2-3-6-15-10/h2-4,6,11,14H,5,7H2,1H3,(H,16,17). The predicted molar refractivity (Wildman–Crippen MR) is 63.5 cm³/mol. The molecule has 0 aliphatic rings. The van der Waals surface area contributed by atoms with Crippen LogP contribution in [0.25, 0.3) is 0 Å². The normalized spacial score (nSPS) is 11.3. The summed E-state index contributed by atoms with van der Waals surface area (Å²) in [7, 11) is 0. The van der Waals surface area contributed by atoms with Gasteiger partial charge >= 0.3 is 0 Å². The van der Waals surface area contributed by atoms with E-state index in [2.05, 4.69) is 10.3 Å². The van der Waals surface area contributed by atoms with Gasteiger partial charge < -0.3 is 10.7 Å². The van der Waals surface area contributed by atoms with Gasteiger partial charge in [0.25, 0.3) is 0 Å². The maximum atomic E-state index is 11.5. The lowest BCUT2D eigenvalue weighted by Crippen LogP contribution is -2.34. The summed E-state index contributed by atoms with van der Waals surface area (Å²) < 4.78 is 0. The summed E-state index contributed by atoms with van der Waals surface area (Å²) in [4.78, 5) is 15.6. The average molecular weight is 230 g/mol. The van der Waals surface area contributed by atoms with E-state index in [-0.39, 0.29) is 5.71 Å². The van der Waals surface area contributed by atoms with Crippen molar-refractivity contribution in [3.05, 3.63) is 30.1 Å². The van der Waals surface area contributed by atoms with Gasteiger partial charge in [0.1, 0.15) is 0 Å². The van der Waals surface area contributed by atoms with E-state index in [1.165, 1.54) is 6.92 Å². The van der Waals surface area contributed by atoms with Gasteiger partial charge in [-0.15, -0.1) is 0 Å². The first-order valence-corrected chi connectivity index (χ1v) is 5.27. The van der Waals surface area contributed by atoms with Crippen molar-refractivity contribution >= 4 is 11.6 Å². The lowest BCUT2D eigenvalue weighted by molar-refractivity contribution is -0.121. The molecule has 5 nitrogen and oxygen atoms in total. The summed E-state index contributed by atoms with van der Waals surface area (Å²) in [5.74, 6) is -1.41. The van der Waals surface area contributed by atoms with Crippen LogP contribution in [0.1, 0.15) is 12.6 Å². The molecule has 1 heterocycles. The lowest BCUT2D eigenvalue weighted by atomic mass is 10.1. The summed E-state index contributed by atoms with van der Waals surface area (Å²) >= 11 is 0. The Labute approximate surface area is 100.0 Å². The fraction of sp³-hybridized carbons (Fsp3) is 0.333. The molecule has 1 unspecified atom stereocenters. The summed E-state index contributed by atoms with van der Waals surface area (Å²) in [5, 5.41) is 18.6. The Kier molecular flexibility index (Phi) is 4.82. The summed E-state index contributed by atoms with van der Waals surface area (Å²) in [6.45, 7) is 1.87. The molecule has 1 aromatic heterocycles. The molecule has 0 bridgehead atoms. The first-order chi connectivity index (χ1) is 8.15. The number of nitriles is 1. The Morgan fingerprint density at radius 2 is 2.41 bits per heavy atom. The zero-order chi connectivity index (χ0) is 12.7. The number of carbonyl (C=O) groups is 1. The maximum Gasteiger partial charge on any atom is 0.243 e. The van der Waals surface area contributed by atoms with E-state index in [4.69, 9.17) is 10.7 Å². The molecule has 0 aliphatic heterocycles. The van der Waals surface area contributed by atoms with Crippen LogP contribution in [-0.2, 0) is 11.2 Å². The Hall–Kier alpha value is -2.22. The minimum absolute atomic E-state index is 0.0582. The van der Waals surface area contributed by atoms with Crippen LogP contribution in [-0.4, -0.2) is 23.1 Å². The monoisotopic (exact) mass is 230 g/mol. The summed E-state index contributed by atoms with van der Waals surface area (Å²) in [6.07, 6.45) is 2.30. The molecule has 1 aromatic rings. The molecule has 1 amide bonds. The van der Waals surface area contributed by atoms with E-state index in [1.807, 2.05) is 18.2 Å². The quantitative estimate of drug-likeness (QED) is 0.737. The SMILES string of the molecule is CC(=N)C(C#N)C(=O)NCCc1ccccn1. The lowest BCUT2D eigenvalue weighted by Gasteiger charge is -2.08. The molecule has 1 atom stereocenters. The molecule has 2 N–H and O–H groups in total. The third-order valence-electron chi connectivity index (χ3n) is 2.23. The van der Waals surface area contributed by atoms with Crippen LogP contribution < -0.4 is 5.32 Å². The van der Waals surface area contributed by atoms with E-state index in [0.717, 1.165) is 5.69 Å². The highest BCUT2D eigenvalue weighted by molar-refractivity contribution is 6.04. The second kappa shape index (κ2) is 6.38. The van der Waals surface area contributed by atoms with Crippen LogP contribution in [0.4, 0.5) is 0 Å². The summed E-state index contributed by atoms with van der Waals surface area (Å²) in [6, 6.07) is 7.37. The first kappa shape index (κ1) is 12.8. The van der Waals surface area contributed by atoms with Crippen molar-refractivity contribution in [1.82, 2.24) is 10.3 Å². The highest BCUT2D eigenvalue weighted by atomic mass is 16.1. The third kappa shape index (κ3) is 4.03. The number of nitrogens with zero attached hydrogens (tertiary/aromatic N) is 2. The molecule has 0 radical (unpaired) electrons. The van der Waals surface area contributed by atoms with Crippen molar-refractivity contribution in [1.29, 1.82) is 10.7 Å². The minimum Gasteiger partial charge on any atom is -0.354 e. The van der Waals surface area contributed by atoms with E-state index in [1.54, 1.807) is 12.3 Å². The minimum atomic E-state index is -0.987. The summed E-state index contributed by atoms with van der Waals surface area (Å²) in [5.41, 5.74) is 0.940. The number of hydrogen-bond acceptors (Lipinski definition) is 4. The van der Waals surface area contributed by atoms with E-state index >= 15 is 0 Å². The highest BCUT2D eigenvalue weighted by Crippen LogP contribution is 1.98. The number of aromatic nitrogens is 1. The zero-order valence-electron chi connectivity index (χ0n) is 9.60. The Morgan fingerprint density at radius 1 is 1.65 bits per heavy atom. The number of hydrogen-bond donors (Lipinski definition) is 2. The second-order valence-corrected chi connectivity index (χ2v) is 3.61. The van der Waals surface area contributed by atoms with Crippen molar-refractivity contribution in [2.75, 3.05) is 6.54 Å². The van der Waals surface area contributed by atoms with Crippen LogP contribution in [0.5, 0.6) is 0 Å². The van der Waals surface area contributed by atoms with Crippen LogP contribution in [0, 0.1) is 22.7 Å². The Bertz CT molecular complexity index is 436. The van der Waals surface area contributed by atoms with Crippen molar-refractivity contribution in [2.45, 2.75) is 13.3 Å². The van der Waals surface area contributed by atoms with Crippen molar-refractivity contribution in [2.24, 2.45) is 5.92 Å². The third-order valence-corrected chi connectivity index (χ3v) is 2.23. The number of nitrogens with one attached hydrogen (secondary N) is 2. The zero-order valence-corrected chi connectivity index (χ0v) is 9.60. The number of carbonyl (C=O) groups excluding carboxylic acids is 1. The number of rotatable bonds is 5. The fourth-order valence-corrected chi connectivity index (χ4v) is 1.31.